The second kappa shape index (κ2) is 6.97. The molecular weight excluding hydrogens is 218 g/mol. The molecule has 0 radical (unpaired) electrons. The van der Waals surface area contributed by atoms with Crippen LogP contribution in [0.5, 0.6) is 0 Å². The quantitative estimate of drug-likeness (QED) is 0.576. The zero-order chi connectivity index (χ0) is 12.7. The normalized spacial score (nSPS) is 18.9. The van der Waals surface area contributed by atoms with Gasteiger partial charge in [-0.25, -0.2) is 0 Å². The summed E-state index contributed by atoms with van der Waals surface area (Å²) >= 11 is 0. The van der Waals surface area contributed by atoms with E-state index in [1.54, 1.807) is 7.05 Å². The Morgan fingerprint density at radius 1 is 1.41 bits per heavy atom. The van der Waals surface area contributed by atoms with Crippen LogP contribution in [0.3, 0.4) is 0 Å². The average molecular weight is 243 g/mol. The maximum Gasteiger partial charge on any atom is 0.326 e. The molecule has 1 fully saturated rings. The first-order valence-corrected chi connectivity index (χ1v) is 6.67. The smallest absolute Gasteiger partial charge is 0.326 e. The Labute approximate surface area is 104 Å². The number of carboxylic acids is 1. The van der Waals surface area contributed by atoms with Crippen LogP contribution in [0.1, 0.15) is 45.4 Å². The minimum Gasteiger partial charge on any atom is -0.480 e. The van der Waals surface area contributed by atoms with Crippen molar-refractivity contribution in [3.8, 4) is 0 Å². The van der Waals surface area contributed by atoms with Gasteiger partial charge in [0.25, 0.3) is 0 Å². The molecule has 1 atom stereocenters. The molecule has 0 amide bonds. The molecule has 1 rings (SSSR count). The standard InChI is InChI=1S/C13H25NO3/c1-3-4-5-6-9-17-10-13(14-2,12(15)16)11-7-8-11/h11,14H,3-10H2,1-2H3,(H,15,16). The van der Waals surface area contributed by atoms with Crippen LogP contribution in [0.25, 0.3) is 0 Å². The lowest BCUT2D eigenvalue weighted by Gasteiger charge is -2.28. The molecule has 4 heteroatoms. The third-order valence-electron chi connectivity index (χ3n) is 3.57. The van der Waals surface area contributed by atoms with Gasteiger partial charge >= 0.3 is 5.97 Å². The van der Waals surface area contributed by atoms with Crippen molar-refractivity contribution in [3.05, 3.63) is 0 Å². The third kappa shape index (κ3) is 3.96. The molecular formula is C13H25NO3. The van der Waals surface area contributed by atoms with Crippen LogP contribution < -0.4 is 5.32 Å². The lowest BCUT2D eigenvalue weighted by molar-refractivity contribution is -0.148. The summed E-state index contributed by atoms with van der Waals surface area (Å²) in [6.45, 7) is 3.13. The summed E-state index contributed by atoms with van der Waals surface area (Å²) < 4.78 is 5.56. The Hall–Kier alpha value is -0.610. The number of carboxylic acid groups (broad SMARTS) is 1. The largest absolute Gasteiger partial charge is 0.480 e. The predicted molar refractivity (Wildman–Crippen MR) is 67.1 cm³/mol. The predicted octanol–water partition coefficient (Wildman–Crippen LogP) is 2.04. The van der Waals surface area contributed by atoms with Crippen molar-refractivity contribution < 1.29 is 14.6 Å². The highest BCUT2D eigenvalue weighted by molar-refractivity contribution is 5.80. The molecule has 0 aromatic rings. The fourth-order valence-corrected chi connectivity index (χ4v) is 2.18. The molecule has 0 spiro atoms. The molecule has 0 aromatic heterocycles. The second-order valence-electron chi connectivity index (χ2n) is 4.91. The number of hydrogen-bond acceptors (Lipinski definition) is 3. The monoisotopic (exact) mass is 243 g/mol. The van der Waals surface area contributed by atoms with E-state index >= 15 is 0 Å². The van der Waals surface area contributed by atoms with Gasteiger partial charge in [-0.3, -0.25) is 4.79 Å². The Morgan fingerprint density at radius 3 is 2.59 bits per heavy atom. The minimum atomic E-state index is -0.856. The molecule has 0 bridgehead atoms. The lowest BCUT2D eigenvalue weighted by atomic mass is 9.94. The number of nitrogens with one attached hydrogen (secondary N) is 1. The molecule has 1 aliphatic carbocycles. The maximum atomic E-state index is 11.4. The summed E-state index contributed by atoms with van der Waals surface area (Å²) in [6, 6.07) is 0. The lowest BCUT2D eigenvalue weighted by Crippen LogP contribution is -2.56. The van der Waals surface area contributed by atoms with Gasteiger partial charge in [0, 0.05) is 6.61 Å². The summed E-state index contributed by atoms with van der Waals surface area (Å²) in [5.41, 5.74) is -0.856. The number of unbranched alkanes of at least 4 members (excludes halogenated alkanes) is 3. The number of aliphatic carboxylic acids is 1. The highest BCUT2D eigenvalue weighted by Crippen LogP contribution is 2.40. The fraction of sp³-hybridized carbons (Fsp3) is 0.923. The SMILES string of the molecule is CCCCCCOCC(NC)(C(=O)O)C1CC1. The van der Waals surface area contributed by atoms with Gasteiger partial charge < -0.3 is 15.2 Å². The van der Waals surface area contributed by atoms with Gasteiger partial charge in [0.15, 0.2) is 0 Å². The summed E-state index contributed by atoms with van der Waals surface area (Å²) in [7, 11) is 1.72. The molecule has 4 nitrogen and oxygen atoms in total. The van der Waals surface area contributed by atoms with Crippen LogP contribution in [0.2, 0.25) is 0 Å². The molecule has 0 aromatic carbocycles. The van der Waals surface area contributed by atoms with E-state index in [4.69, 9.17) is 4.74 Å². The molecule has 2 N–H and O–H groups in total. The number of hydrogen-bond donors (Lipinski definition) is 2. The van der Waals surface area contributed by atoms with Gasteiger partial charge in [-0.2, -0.15) is 0 Å². The van der Waals surface area contributed by atoms with Crippen molar-refractivity contribution in [1.29, 1.82) is 0 Å². The molecule has 1 unspecified atom stereocenters. The summed E-state index contributed by atoms with van der Waals surface area (Å²) in [4.78, 5) is 11.4. The van der Waals surface area contributed by atoms with E-state index in [1.165, 1.54) is 19.3 Å². The Morgan fingerprint density at radius 2 is 2.12 bits per heavy atom. The van der Waals surface area contributed by atoms with E-state index in [2.05, 4.69) is 12.2 Å². The molecule has 0 saturated heterocycles. The summed E-state index contributed by atoms with van der Waals surface area (Å²) in [5.74, 6) is -0.545. The summed E-state index contributed by atoms with van der Waals surface area (Å²) in [6.07, 6.45) is 6.61. The van der Waals surface area contributed by atoms with Gasteiger partial charge in [-0.1, -0.05) is 26.2 Å². The van der Waals surface area contributed by atoms with Gasteiger partial charge in [0.05, 0.1) is 6.61 Å². The van der Waals surface area contributed by atoms with Gasteiger partial charge in [0.2, 0.25) is 0 Å². The minimum absolute atomic E-state index is 0.237. The number of rotatable bonds is 10. The number of carbonyl (C=O) groups is 1. The Balaban J connectivity index is 2.27. The molecule has 1 saturated carbocycles. The Kier molecular flexibility index (Phi) is 5.92. The fourth-order valence-electron chi connectivity index (χ4n) is 2.18. The van der Waals surface area contributed by atoms with Crippen LogP contribution >= 0.6 is 0 Å². The Bertz CT molecular complexity index is 241. The van der Waals surface area contributed by atoms with Gasteiger partial charge in [-0.15, -0.1) is 0 Å². The average Bonchev–Trinajstić information content (AvgIpc) is 3.12. The van der Waals surface area contributed by atoms with Crippen molar-refractivity contribution in [2.45, 2.75) is 51.0 Å². The first-order chi connectivity index (χ1) is 8.17. The van der Waals surface area contributed by atoms with Crippen molar-refractivity contribution in [1.82, 2.24) is 5.32 Å². The van der Waals surface area contributed by atoms with E-state index in [-0.39, 0.29) is 12.5 Å². The van der Waals surface area contributed by atoms with E-state index in [9.17, 15) is 9.90 Å². The highest BCUT2D eigenvalue weighted by Gasteiger charge is 2.50. The van der Waals surface area contributed by atoms with Crippen LogP contribution in [0, 0.1) is 5.92 Å². The van der Waals surface area contributed by atoms with E-state index in [0.29, 0.717) is 6.61 Å². The number of likely N-dealkylation sites (N-methyl/N-ethyl adjacent to an activating group) is 1. The second-order valence-corrected chi connectivity index (χ2v) is 4.91. The van der Waals surface area contributed by atoms with Gasteiger partial charge in [-0.05, 0) is 32.2 Å². The van der Waals surface area contributed by atoms with E-state index in [0.717, 1.165) is 19.3 Å². The highest BCUT2D eigenvalue weighted by atomic mass is 16.5. The number of ether oxygens (including phenoxy) is 1. The maximum absolute atomic E-state index is 11.4. The molecule has 1 aliphatic rings. The first-order valence-electron chi connectivity index (χ1n) is 6.67. The van der Waals surface area contributed by atoms with E-state index in [1.807, 2.05) is 0 Å². The summed E-state index contributed by atoms with van der Waals surface area (Å²) in [5, 5.41) is 12.3. The van der Waals surface area contributed by atoms with Crippen molar-refractivity contribution in [2.75, 3.05) is 20.3 Å². The third-order valence-corrected chi connectivity index (χ3v) is 3.57. The molecule has 0 heterocycles. The molecule has 17 heavy (non-hydrogen) atoms. The molecule has 100 valence electrons. The zero-order valence-electron chi connectivity index (χ0n) is 11.0. The van der Waals surface area contributed by atoms with Crippen molar-refractivity contribution in [3.63, 3.8) is 0 Å². The van der Waals surface area contributed by atoms with Crippen LogP contribution in [0.15, 0.2) is 0 Å². The van der Waals surface area contributed by atoms with E-state index < -0.39 is 11.5 Å². The van der Waals surface area contributed by atoms with Crippen LogP contribution in [-0.4, -0.2) is 36.9 Å². The van der Waals surface area contributed by atoms with Crippen molar-refractivity contribution in [2.24, 2.45) is 5.92 Å². The van der Waals surface area contributed by atoms with Crippen molar-refractivity contribution >= 4 is 5.97 Å². The van der Waals surface area contributed by atoms with Crippen LogP contribution in [-0.2, 0) is 9.53 Å². The van der Waals surface area contributed by atoms with Crippen LogP contribution in [0.4, 0.5) is 0 Å². The zero-order valence-corrected chi connectivity index (χ0v) is 11.0. The first kappa shape index (κ1) is 14.5. The van der Waals surface area contributed by atoms with Gasteiger partial charge in [0.1, 0.15) is 5.54 Å². The topological polar surface area (TPSA) is 58.6 Å². The molecule has 0 aliphatic heterocycles.